The number of aromatic nitrogens is 2. The van der Waals surface area contributed by atoms with Gasteiger partial charge in [-0.05, 0) is 0 Å². The van der Waals surface area contributed by atoms with Gasteiger partial charge in [0, 0.05) is 0 Å². The molecule has 0 aliphatic rings. The number of fused-ring (bicyclic) bond motifs is 1. The number of nitrogens with zero attached hydrogens (tertiary/aromatic N) is 2. The predicted octanol–water partition coefficient (Wildman–Crippen LogP) is 1.33. The molecule has 1 aromatic heterocycles. The minimum absolute atomic E-state index is 0.730. The van der Waals surface area contributed by atoms with E-state index in [0.717, 1.165) is 17.5 Å². The second-order valence-corrected chi connectivity index (χ2v) is 4.24. The van der Waals surface area contributed by atoms with Gasteiger partial charge < -0.3 is 0 Å². The van der Waals surface area contributed by atoms with Crippen LogP contribution in [0, 0.1) is 4.32 Å². The zero-order valence-electron chi connectivity index (χ0n) is 8.93. The SMILES string of the molecule is COCCn1c(=[Se])n(C)c2ccccc21. The Balaban J connectivity index is 2.62. The minimum atomic E-state index is 0.730. The first-order valence-electron chi connectivity index (χ1n) is 4.89. The van der Waals surface area contributed by atoms with E-state index in [1.807, 2.05) is 0 Å². The zero-order valence-corrected chi connectivity index (χ0v) is 10.6. The fourth-order valence-electron chi connectivity index (χ4n) is 1.76. The molecule has 0 radical (unpaired) electrons. The first-order valence-corrected chi connectivity index (χ1v) is 5.74. The van der Waals surface area contributed by atoms with Crippen LogP contribution in [0.5, 0.6) is 0 Å². The molecular weight excluding hydrogens is 255 g/mol. The third kappa shape index (κ3) is 1.81. The molecule has 1 heterocycles. The van der Waals surface area contributed by atoms with Crippen molar-refractivity contribution in [1.29, 1.82) is 0 Å². The maximum absolute atomic E-state index is 5.11. The summed E-state index contributed by atoms with van der Waals surface area (Å²) >= 11 is 3.11. The van der Waals surface area contributed by atoms with Crippen LogP contribution in [0.4, 0.5) is 0 Å². The quantitative estimate of drug-likeness (QED) is 0.769. The van der Waals surface area contributed by atoms with E-state index < -0.39 is 0 Å². The van der Waals surface area contributed by atoms with Crippen molar-refractivity contribution in [2.75, 3.05) is 13.7 Å². The Morgan fingerprint density at radius 3 is 2.60 bits per heavy atom. The number of benzene rings is 1. The number of aryl methyl sites for hydroxylation is 1. The van der Waals surface area contributed by atoms with Crippen molar-refractivity contribution in [3.8, 4) is 0 Å². The molecule has 0 aliphatic heterocycles. The van der Waals surface area contributed by atoms with Crippen LogP contribution >= 0.6 is 0 Å². The number of methoxy groups -OCH3 is 1. The molecule has 2 rings (SSSR count). The summed E-state index contributed by atoms with van der Waals surface area (Å²) in [5.41, 5.74) is 2.48. The average molecular weight is 269 g/mol. The van der Waals surface area contributed by atoms with E-state index in [1.165, 1.54) is 11.0 Å². The maximum atomic E-state index is 5.11. The van der Waals surface area contributed by atoms with E-state index in [4.69, 9.17) is 4.74 Å². The molecule has 3 nitrogen and oxygen atoms in total. The van der Waals surface area contributed by atoms with E-state index in [9.17, 15) is 0 Å². The second-order valence-electron chi connectivity index (χ2n) is 3.47. The van der Waals surface area contributed by atoms with Crippen molar-refractivity contribution in [2.45, 2.75) is 6.54 Å². The van der Waals surface area contributed by atoms with Crippen LogP contribution in [0.2, 0.25) is 0 Å². The van der Waals surface area contributed by atoms with E-state index in [-0.39, 0.29) is 0 Å². The summed E-state index contributed by atoms with van der Waals surface area (Å²) in [5.74, 6) is 0. The number of hydrogen-bond donors (Lipinski definition) is 0. The van der Waals surface area contributed by atoms with Crippen molar-refractivity contribution in [3.05, 3.63) is 28.6 Å². The van der Waals surface area contributed by atoms with Gasteiger partial charge in [-0.25, -0.2) is 0 Å². The Labute approximate surface area is 96.6 Å². The Kier molecular flexibility index (Phi) is 3.10. The number of hydrogen-bond acceptors (Lipinski definition) is 1. The number of imidazole rings is 1. The second kappa shape index (κ2) is 4.35. The van der Waals surface area contributed by atoms with Crippen molar-refractivity contribution in [3.63, 3.8) is 0 Å². The van der Waals surface area contributed by atoms with Crippen LogP contribution in [-0.4, -0.2) is 38.4 Å². The molecule has 0 fully saturated rings. The summed E-state index contributed by atoms with van der Waals surface area (Å²) in [6, 6.07) is 8.37. The Hall–Kier alpha value is -0.831. The molecule has 0 bridgehead atoms. The number of para-hydroxylation sites is 2. The zero-order chi connectivity index (χ0) is 10.8. The van der Waals surface area contributed by atoms with Gasteiger partial charge in [-0.2, -0.15) is 0 Å². The van der Waals surface area contributed by atoms with Crippen molar-refractivity contribution in [1.82, 2.24) is 9.13 Å². The molecule has 0 N–H and O–H groups in total. The van der Waals surface area contributed by atoms with Gasteiger partial charge >= 0.3 is 96.4 Å². The summed E-state index contributed by atoms with van der Waals surface area (Å²) < 4.78 is 10.6. The summed E-state index contributed by atoms with van der Waals surface area (Å²) in [6.45, 7) is 1.60. The fourth-order valence-corrected chi connectivity index (χ4v) is 2.37. The van der Waals surface area contributed by atoms with E-state index in [0.29, 0.717) is 0 Å². The third-order valence-electron chi connectivity index (χ3n) is 2.57. The van der Waals surface area contributed by atoms with E-state index in [2.05, 4.69) is 56.0 Å². The van der Waals surface area contributed by atoms with Gasteiger partial charge in [-0.1, -0.05) is 0 Å². The molecule has 80 valence electrons. The van der Waals surface area contributed by atoms with Crippen molar-refractivity contribution >= 4 is 26.6 Å². The summed E-state index contributed by atoms with van der Waals surface area (Å²) in [6.07, 6.45) is 0. The first kappa shape index (κ1) is 10.7. The van der Waals surface area contributed by atoms with Crippen LogP contribution in [0.15, 0.2) is 24.3 Å². The Morgan fingerprint density at radius 2 is 1.93 bits per heavy atom. The number of rotatable bonds is 3. The third-order valence-corrected chi connectivity index (χ3v) is 3.61. The molecule has 2 aromatic rings. The monoisotopic (exact) mass is 270 g/mol. The molecule has 0 atom stereocenters. The number of ether oxygens (including phenoxy) is 1. The molecule has 0 saturated carbocycles. The molecule has 1 aromatic carbocycles. The molecule has 0 aliphatic carbocycles. The van der Waals surface area contributed by atoms with Crippen LogP contribution in [-0.2, 0) is 18.3 Å². The van der Waals surface area contributed by atoms with E-state index >= 15 is 0 Å². The van der Waals surface area contributed by atoms with Gasteiger partial charge in [0.15, 0.2) is 0 Å². The van der Waals surface area contributed by atoms with Crippen molar-refractivity contribution in [2.24, 2.45) is 7.05 Å². The van der Waals surface area contributed by atoms with Gasteiger partial charge in [0.2, 0.25) is 0 Å². The van der Waals surface area contributed by atoms with Gasteiger partial charge in [0.25, 0.3) is 0 Å². The molecular formula is C11H14N2OSe. The van der Waals surface area contributed by atoms with Gasteiger partial charge in [0.05, 0.1) is 0 Å². The first-order chi connectivity index (χ1) is 7.25. The van der Waals surface area contributed by atoms with Crippen LogP contribution in [0.3, 0.4) is 0 Å². The van der Waals surface area contributed by atoms with Gasteiger partial charge in [0.1, 0.15) is 0 Å². The standard InChI is InChI=1S/C11H14N2OSe/c1-12-9-5-3-4-6-10(9)13(11(12)15)7-8-14-2/h3-6H,7-8H2,1-2H3. The van der Waals surface area contributed by atoms with Crippen LogP contribution in [0.25, 0.3) is 11.0 Å². The molecule has 0 amide bonds. The normalized spacial score (nSPS) is 11.1. The van der Waals surface area contributed by atoms with Gasteiger partial charge in [-0.3, -0.25) is 0 Å². The van der Waals surface area contributed by atoms with E-state index in [1.54, 1.807) is 7.11 Å². The Morgan fingerprint density at radius 1 is 1.27 bits per heavy atom. The molecule has 0 unspecified atom stereocenters. The topological polar surface area (TPSA) is 19.1 Å². The molecule has 0 saturated heterocycles. The summed E-state index contributed by atoms with van der Waals surface area (Å²) in [7, 11) is 3.79. The summed E-state index contributed by atoms with van der Waals surface area (Å²) in [4.78, 5) is 0. The molecule has 15 heavy (non-hydrogen) atoms. The van der Waals surface area contributed by atoms with Crippen LogP contribution in [0.1, 0.15) is 0 Å². The molecule has 4 heteroatoms. The van der Waals surface area contributed by atoms with Crippen LogP contribution < -0.4 is 0 Å². The summed E-state index contributed by atoms with van der Waals surface area (Å²) in [5, 5.41) is 0. The fraction of sp³-hybridized carbons (Fsp3) is 0.364. The van der Waals surface area contributed by atoms with Crippen molar-refractivity contribution < 1.29 is 4.74 Å². The van der Waals surface area contributed by atoms with Gasteiger partial charge in [-0.15, -0.1) is 0 Å². The molecule has 0 spiro atoms. The Bertz CT molecular complexity index is 527. The average Bonchev–Trinajstić information content (AvgIpc) is 2.51. The predicted molar refractivity (Wildman–Crippen MR) is 61.8 cm³/mol.